The minimum absolute atomic E-state index is 0.112. The van der Waals surface area contributed by atoms with Crippen LogP contribution >= 0.6 is 0 Å². The van der Waals surface area contributed by atoms with Crippen LogP contribution in [0.4, 0.5) is 0 Å². The Bertz CT molecular complexity index is 611. The third-order valence-electron chi connectivity index (χ3n) is 4.31. The first-order chi connectivity index (χ1) is 11.9. The number of hydrogen-bond acceptors (Lipinski definition) is 4. The van der Waals surface area contributed by atoms with Crippen LogP contribution in [0.15, 0.2) is 30.3 Å². The summed E-state index contributed by atoms with van der Waals surface area (Å²) in [6.45, 7) is 6.11. The molecule has 2 amide bonds. The average Bonchev–Trinajstić information content (AvgIpc) is 3.32. The molecule has 6 nitrogen and oxygen atoms in total. The number of ketones is 1. The van der Waals surface area contributed by atoms with Crippen LogP contribution in [0.25, 0.3) is 0 Å². The molecular formula is C19H26N2O4. The smallest absolute Gasteiger partial charge is 0.243 e. The van der Waals surface area contributed by atoms with E-state index in [9.17, 15) is 14.4 Å². The number of nitrogens with one attached hydrogen (secondary N) is 2. The molecule has 6 heteroatoms. The van der Waals surface area contributed by atoms with Gasteiger partial charge in [0.05, 0.1) is 12.6 Å². The first kappa shape index (κ1) is 19.1. The summed E-state index contributed by atoms with van der Waals surface area (Å²) < 4.78 is 5.23. The lowest BCUT2D eigenvalue weighted by atomic mass is 9.93. The maximum atomic E-state index is 12.7. The van der Waals surface area contributed by atoms with Gasteiger partial charge < -0.3 is 15.4 Å². The van der Waals surface area contributed by atoms with Crippen LogP contribution < -0.4 is 10.6 Å². The Morgan fingerprint density at radius 2 is 1.88 bits per heavy atom. The van der Waals surface area contributed by atoms with Crippen molar-refractivity contribution in [2.75, 3.05) is 6.61 Å². The van der Waals surface area contributed by atoms with Gasteiger partial charge in [-0.2, -0.15) is 0 Å². The highest BCUT2D eigenvalue weighted by Crippen LogP contribution is 2.29. The zero-order chi connectivity index (χ0) is 18.4. The highest BCUT2D eigenvalue weighted by molar-refractivity contribution is 5.97. The predicted octanol–water partition coefficient (Wildman–Crippen LogP) is 1.23. The van der Waals surface area contributed by atoms with Crippen molar-refractivity contribution in [2.45, 2.75) is 51.3 Å². The van der Waals surface area contributed by atoms with Gasteiger partial charge in [-0.1, -0.05) is 44.2 Å². The lowest BCUT2D eigenvalue weighted by Gasteiger charge is -2.24. The molecule has 136 valence electrons. The minimum atomic E-state index is -0.792. The molecule has 1 aromatic rings. The highest BCUT2D eigenvalue weighted by Gasteiger charge is 2.50. The van der Waals surface area contributed by atoms with E-state index in [0.717, 1.165) is 5.56 Å². The van der Waals surface area contributed by atoms with Crippen LogP contribution in [0.5, 0.6) is 0 Å². The molecule has 1 aliphatic rings. The lowest BCUT2D eigenvalue weighted by molar-refractivity contribution is -0.132. The fourth-order valence-electron chi connectivity index (χ4n) is 2.75. The van der Waals surface area contributed by atoms with Crippen molar-refractivity contribution < 1.29 is 19.1 Å². The maximum Gasteiger partial charge on any atom is 0.243 e. The normalized spacial score (nSPS) is 21.3. The van der Waals surface area contributed by atoms with Gasteiger partial charge in [-0.15, -0.1) is 0 Å². The number of Topliss-reactive ketones (excluding diaryl/α,β-unsaturated/α-hetero) is 1. The number of epoxide rings is 1. The first-order valence-electron chi connectivity index (χ1n) is 8.58. The molecule has 2 N–H and O–H groups in total. The van der Waals surface area contributed by atoms with E-state index in [-0.39, 0.29) is 17.6 Å². The number of hydrogen-bond donors (Lipinski definition) is 2. The zero-order valence-electron chi connectivity index (χ0n) is 15.0. The van der Waals surface area contributed by atoms with E-state index in [1.54, 1.807) is 6.92 Å². The van der Waals surface area contributed by atoms with Crippen LogP contribution in [0.1, 0.15) is 32.8 Å². The summed E-state index contributed by atoms with van der Waals surface area (Å²) in [6.07, 6.45) is 1.40. The monoisotopic (exact) mass is 346 g/mol. The summed E-state index contributed by atoms with van der Waals surface area (Å²) >= 11 is 0. The fourth-order valence-corrected chi connectivity index (χ4v) is 2.75. The Balaban J connectivity index is 2.07. The van der Waals surface area contributed by atoms with E-state index in [4.69, 9.17) is 4.74 Å². The number of carbonyl (C=O) groups excluding carboxylic acids is 3. The Hall–Kier alpha value is -2.21. The summed E-state index contributed by atoms with van der Waals surface area (Å²) in [5.74, 6) is -0.235. The standard InChI is InChI=1S/C19H26N2O4/c1-13(2)9-15(17(23)19(3)11-25-19)21-18(24)16(20-12-22)10-14-7-5-4-6-8-14/h4-8,12-13,15-16H,9-11H2,1-3H3,(H,20,22)(H,21,24)/t15-,16+,19?/m1/s1. The quantitative estimate of drug-likeness (QED) is 0.493. The Labute approximate surface area is 148 Å². The van der Waals surface area contributed by atoms with Crippen molar-refractivity contribution >= 4 is 18.1 Å². The molecule has 1 fully saturated rings. The van der Waals surface area contributed by atoms with Crippen LogP contribution in [0.2, 0.25) is 0 Å². The Kier molecular flexibility index (Phi) is 6.31. The van der Waals surface area contributed by atoms with E-state index in [0.29, 0.717) is 25.9 Å². The Morgan fingerprint density at radius 1 is 1.24 bits per heavy atom. The van der Waals surface area contributed by atoms with Crippen LogP contribution in [0, 0.1) is 5.92 Å². The average molecular weight is 346 g/mol. The number of amides is 2. The molecular weight excluding hydrogens is 320 g/mol. The summed E-state index contributed by atoms with van der Waals surface area (Å²) in [6, 6.07) is 8.08. The molecule has 1 saturated heterocycles. The van der Waals surface area contributed by atoms with Gasteiger partial charge in [0, 0.05) is 6.42 Å². The van der Waals surface area contributed by atoms with Crippen molar-refractivity contribution in [1.29, 1.82) is 0 Å². The second-order valence-electron chi connectivity index (χ2n) is 7.10. The topological polar surface area (TPSA) is 87.8 Å². The van der Waals surface area contributed by atoms with Crippen molar-refractivity contribution in [1.82, 2.24) is 10.6 Å². The molecule has 0 radical (unpaired) electrons. The van der Waals surface area contributed by atoms with Gasteiger partial charge in [0.15, 0.2) is 5.78 Å². The first-order valence-corrected chi connectivity index (χ1v) is 8.58. The largest absolute Gasteiger partial charge is 0.361 e. The van der Waals surface area contributed by atoms with Crippen molar-refractivity contribution in [2.24, 2.45) is 5.92 Å². The van der Waals surface area contributed by atoms with Crippen molar-refractivity contribution in [3.05, 3.63) is 35.9 Å². The van der Waals surface area contributed by atoms with Gasteiger partial charge in [0.25, 0.3) is 0 Å². The highest BCUT2D eigenvalue weighted by atomic mass is 16.6. The van der Waals surface area contributed by atoms with E-state index >= 15 is 0 Å². The lowest BCUT2D eigenvalue weighted by Crippen LogP contribution is -2.53. The van der Waals surface area contributed by atoms with E-state index in [1.807, 2.05) is 44.2 Å². The molecule has 1 unspecified atom stereocenters. The van der Waals surface area contributed by atoms with Crippen molar-refractivity contribution in [3.8, 4) is 0 Å². The Morgan fingerprint density at radius 3 is 2.40 bits per heavy atom. The summed E-state index contributed by atoms with van der Waals surface area (Å²) in [5.41, 5.74) is 0.140. The predicted molar refractivity (Wildman–Crippen MR) is 93.9 cm³/mol. The van der Waals surface area contributed by atoms with Gasteiger partial charge in [-0.3, -0.25) is 14.4 Å². The maximum absolute atomic E-state index is 12.7. The summed E-state index contributed by atoms with van der Waals surface area (Å²) in [4.78, 5) is 36.2. The van der Waals surface area contributed by atoms with Crippen LogP contribution in [0.3, 0.4) is 0 Å². The number of rotatable bonds is 10. The van der Waals surface area contributed by atoms with E-state index in [2.05, 4.69) is 10.6 Å². The van der Waals surface area contributed by atoms with Crippen LogP contribution in [-0.2, 0) is 25.5 Å². The molecule has 0 aromatic heterocycles. The molecule has 0 bridgehead atoms. The van der Waals surface area contributed by atoms with E-state index < -0.39 is 17.7 Å². The molecule has 3 atom stereocenters. The molecule has 1 aliphatic heterocycles. The van der Waals surface area contributed by atoms with Gasteiger partial charge >= 0.3 is 0 Å². The third-order valence-corrected chi connectivity index (χ3v) is 4.31. The molecule has 25 heavy (non-hydrogen) atoms. The zero-order valence-corrected chi connectivity index (χ0v) is 15.0. The van der Waals surface area contributed by atoms with Gasteiger partial charge in [-0.05, 0) is 24.8 Å². The third kappa shape index (κ3) is 5.39. The molecule has 1 aromatic carbocycles. The molecule has 1 heterocycles. The second-order valence-corrected chi connectivity index (χ2v) is 7.10. The molecule has 0 aliphatic carbocycles. The number of carbonyl (C=O) groups is 3. The van der Waals surface area contributed by atoms with Gasteiger partial charge in [0.1, 0.15) is 11.6 Å². The SMILES string of the molecule is CC(C)C[C@@H](NC(=O)[C@H](Cc1ccccc1)NC=O)C(=O)C1(C)CO1. The fraction of sp³-hybridized carbons (Fsp3) is 0.526. The molecule has 0 saturated carbocycles. The molecule has 0 spiro atoms. The number of ether oxygens (including phenoxy) is 1. The summed E-state index contributed by atoms with van der Waals surface area (Å²) in [5, 5.41) is 5.36. The summed E-state index contributed by atoms with van der Waals surface area (Å²) in [7, 11) is 0. The van der Waals surface area contributed by atoms with Crippen LogP contribution in [-0.4, -0.2) is 42.4 Å². The minimum Gasteiger partial charge on any atom is -0.361 e. The van der Waals surface area contributed by atoms with Gasteiger partial charge in [-0.25, -0.2) is 0 Å². The van der Waals surface area contributed by atoms with Crippen molar-refractivity contribution in [3.63, 3.8) is 0 Å². The number of benzene rings is 1. The second kappa shape index (κ2) is 8.25. The van der Waals surface area contributed by atoms with Gasteiger partial charge in [0.2, 0.25) is 12.3 Å². The molecule has 2 rings (SSSR count). The van der Waals surface area contributed by atoms with E-state index in [1.165, 1.54) is 0 Å².